The lowest BCUT2D eigenvalue weighted by Crippen LogP contribution is -2.22. The lowest BCUT2D eigenvalue weighted by atomic mass is 10.3. The molecule has 3 nitrogen and oxygen atoms in total. The summed E-state index contributed by atoms with van der Waals surface area (Å²) in [5.74, 6) is 0. The molecule has 0 aromatic carbocycles. The molecule has 0 spiro atoms. The Balaban J connectivity index is 3.23. The maximum absolute atomic E-state index is 2.43. The third kappa shape index (κ3) is 11.4. The number of halogens is 2. The summed E-state index contributed by atoms with van der Waals surface area (Å²) < 4.78 is 4.60. The SMILES string of the molecule is CN(C)CCCN(I)CCCN(C)I. The van der Waals surface area contributed by atoms with Crippen LogP contribution in [0.25, 0.3) is 0 Å². The second kappa shape index (κ2) is 9.56. The van der Waals surface area contributed by atoms with E-state index in [9.17, 15) is 0 Å². The Labute approximate surface area is 116 Å². The van der Waals surface area contributed by atoms with Crippen LogP contribution in [-0.2, 0) is 0 Å². The van der Waals surface area contributed by atoms with Crippen LogP contribution in [0.4, 0.5) is 0 Å². The molecule has 0 aliphatic rings. The first kappa shape index (κ1) is 15.3. The fourth-order valence-corrected chi connectivity index (χ4v) is 2.15. The van der Waals surface area contributed by atoms with Crippen molar-refractivity contribution in [2.75, 3.05) is 47.3 Å². The van der Waals surface area contributed by atoms with Crippen LogP contribution in [-0.4, -0.2) is 58.4 Å². The van der Waals surface area contributed by atoms with E-state index in [1.165, 1.54) is 39.0 Å². The molecule has 0 saturated heterocycles. The van der Waals surface area contributed by atoms with Gasteiger partial charge in [0.15, 0.2) is 0 Å². The summed E-state index contributed by atoms with van der Waals surface area (Å²) >= 11 is 4.76. The molecule has 0 rings (SSSR count). The van der Waals surface area contributed by atoms with E-state index in [2.05, 4.69) is 78.0 Å². The first-order chi connectivity index (χ1) is 6.52. The second-order valence-corrected chi connectivity index (χ2v) is 6.76. The average Bonchev–Trinajstić information content (AvgIpc) is 2.02. The van der Waals surface area contributed by atoms with Gasteiger partial charge in [0, 0.05) is 65.4 Å². The van der Waals surface area contributed by atoms with Crippen molar-refractivity contribution >= 4 is 45.7 Å². The van der Waals surface area contributed by atoms with E-state index in [-0.39, 0.29) is 0 Å². The van der Waals surface area contributed by atoms with Gasteiger partial charge in [-0.05, 0) is 40.5 Å². The average molecular weight is 425 g/mol. The molecule has 14 heavy (non-hydrogen) atoms. The van der Waals surface area contributed by atoms with Crippen LogP contribution in [0.3, 0.4) is 0 Å². The highest BCUT2D eigenvalue weighted by Crippen LogP contribution is 2.04. The first-order valence-electron chi connectivity index (χ1n) is 4.94. The van der Waals surface area contributed by atoms with E-state index >= 15 is 0 Å². The molecule has 0 aromatic heterocycles. The molecular formula is C9H21I2N3. The maximum Gasteiger partial charge on any atom is 0.0201 e. The Bertz CT molecular complexity index is 117. The minimum Gasteiger partial charge on any atom is -0.309 e. The summed E-state index contributed by atoms with van der Waals surface area (Å²) in [6, 6.07) is 0. The lowest BCUT2D eigenvalue weighted by Gasteiger charge is -2.16. The third-order valence-corrected chi connectivity index (χ3v) is 3.32. The van der Waals surface area contributed by atoms with Gasteiger partial charge < -0.3 is 4.90 Å². The van der Waals surface area contributed by atoms with Crippen LogP contribution in [0.2, 0.25) is 0 Å². The standard InChI is InChI=1S/C9H21I2N3/c1-12(2)6-4-8-14(11)9-5-7-13(3)10/h4-9H2,1-3H3. The zero-order valence-corrected chi connectivity index (χ0v) is 13.7. The summed E-state index contributed by atoms with van der Waals surface area (Å²) in [6.07, 6.45) is 2.51. The molecule has 5 heteroatoms. The largest absolute Gasteiger partial charge is 0.309 e. The van der Waals surface area contributed by atoms with E-state index < -0.39 is 0 Å². The van der Waals surface area contributed by atoms with Crippen LogP contribution in [0.1, 0.15) is 12.8 Å². The zero-order chi connectivity index (χ0) is 11.0. The van der Waals surface area contributed by atoms with Crippen LogP contribution in [0.15, 0.2) is 0 Å². The quantitative estimate of drug-likeness (QED) is 0.437. The number of hydrogen-bond acceptors (Lipinski definition) is 3. The molecule has 0 bridgehead atoms. The van der Waals surface area contributed by atoms with Crippen LogP contribution in [0.5, 0.6) is 0 Å². The highest BCUT2D eigenvalue weighted by atomic mass is 127. The van der Waals surface area contributed by atoms with Gasteiger partial charge in [0.25, 0.3) is 0 Å². The fourth-order valence-electron chi connectivity index (χ4n) is 1.13. The van der Waals surface area contributed by atoms with Crippen molar-refractivity contribution in [1.29, 1.82) is 0 Å². The Kier molecular flexibility index (Phi) is 10.5. The van der Waals surface area contributed by atoms with Crippen LogP contribution >= 0.6 is 45.7 Å². The summed E-state index contributed by atoms with van der Waals surface area (Å²) in [5.41, 5.74) is 0. The Hall–Kier alpha value is 1.34. The van der Waals surface area contributed by atoms with E-state index in [0.717, 1.165) is 0 Å². The second-order valence-electron chi connectivity index (χ2n) is 3.75. The first-order valence-corrected chi connectivity index (χ1v) is 6.87. The number of hydrogen-bond donors (Lipinski definition) is 0. The molecule has 0 N–H and O–H groups in total. The topological polar surface area (TPSA) is 9.72 Å². The van der Waals surface area contributed by atoms with Gasteiger partial charge in [-0.2, -0.15) is 0 Å². The fraction of sp³-hybridized carbons (Fsp3) is 1.00. The summed E-state index contributed by atoms with van der Waals surface area (Å²) in [6.45, 7) is 4.75. The maximum atomic E-state index is 2.43. The molecule has 0 atom stereocenters. The predicted octanol–water partition coefficient (Wildman–Crippen LogP) is 2.26. The number of rotatable bonds is 8. The van der Waals surface area contributed by atoms with Gasteiger partial charge in [0.1, 0.15) is 0 Å². The van der Waals surface area contributed by atoms with E-state index in [1.54, 1.807) is 0 Å². The highest BCUT2D eigenvalue weighted by molar-refractivity contribution is 14.1. The normalized spacial score (nSPS) is 12.0. The summed E-state index contributed by atoms with van der Waals surface area (Å²) in [4.78, 5) is 2.24. The van der Waals surface area contributed by atoms with E-state index in [1.807, 2.05) is 0 Å². The summed E-state index contributed by atoms with van der Waals surface area (Å²) in [7, 11) is 6.37. The third-order valence-electron chi connectivity index (χ3n) is 1.87. The van der Waals surface area contributed by atoms with Crippen molar-refractivity contribution in [2.24, 2.45) is 0 Å². The van der Waals surface area contributed by atoms with Crippen LogP contribution < -0.4 is 0 Å². The van der Waals surface area contributed by atoms with Gasteiger partial charge in [-0.1, -0.05) is 0 Å². The molecule has 0 amide bonds. The lowest BCUT2D eigenvalue weighted by molar-refractivity contribution is 0.370. The molecule has 0 fully saturated rings. The van der Waals surface area contributed by atoms with Crippen molar-refractivity contribution in [3.05, 3.63) is 0 Å². The Morgan fingerprint density at radius 1 is 0.786 bits per heavy atom. The number of nitrogens with zero attached hydrogens (tertiary/aromatic N) is 3. The van der Waals surface area contributed by atoms with Gasteiger partial charge in [-0.25, -0.2) is 3.11 Å². The van der Waals surface area contributed by atoms with Crippen molar-refractivity contribution < 1.29 is 0 Å². The van der Waals surface area contributed by atoms with Crippen molar-refractivity contribution in [3.8, 4) is 0 Å². The minimum atomic E-state index is 1.17. The van der Waals surface area contributed by atoms with Crippen LogP contribution in [0, 0.1) is 0 Å². The van der Waals surface area contributed by atoms with Gasteiger partial charge in [-0.15, -0.1) is 0 Å². The van der Waals surface area contributed by atoms with Crippen molar-refractivity contribution in [2.45, 2.75) is 12.8 Å². The molecule has 0 aliphatic carbocycles. The molecular weight excluding hydrogens is 404 g/mol. The zero-order valence-electron chi connectivity index (χ0n) is 9.34. The minimum absolute atomic E-state index is 1.17. The van der Waals surface area contributed by atoms with Gasteiger partial charge >= 0.3 is 0 Å². The molecule has 0 aliphatic heterocycles. The van der Waals surface area contributed by atoms with E-state index in [0.29, 0.717) is 0 Å². The Morgan fingerprint density at radius 2 is 1.29 bits per heavy atom. The molecule has 0 unspecified atom stereocenters. The smallest absolute Gasteiger partial charge is 0.0201 e. The van der Waals surface area contributed by atoms with Gasteiger partial charge in [-0.3, -0.25) is 3.11 Å². The molecule has 0 radical (unpaired) electrons. The molecule has 0 saturated carbocycles. The molecule has 0 heterocycles. The molecule has 86 valence electrons. The monoisotopic (exact) mass is 425 g/mol. The predicted molar refractivity (Wildman–Crippen MR) is 80.0 cm³/mol. The van der Waals surface area contributed by atoms with Crippen molar-refractivity contribution in [1.82, 2.24) is 11.1 Å². The Morgan fingerprint density at radius 3 is 1.71 bits per heavy atom. The van der Waals surface area contributed by atoms with Gasteiger partial charge in [0.2, 0.25) is 0 Å². The summed E-state index contributed by atoms with van der Waals surface area (Å²) in [5, 5.41) is 0. The highest BCUT2D eigenvalue weighted by Gasteiger charge is 2.01. The van der Waals surface area contributed by atoms with Crippen molar-refractivity contribution in [3.63, 3.8) is 0 Å². The van der Waals surface area contributed by atoms with Gasteiger partial charge in [0.05, 0.1) is 0 Å². The van der Waals surface area contributed by atoms with E-state index in [4.69, 9.17) is 0 Å². The molecule has 0 aromatic rings.